The molecule has 1 heterocycles. The van der Waals surface area contributed by atoms with Gasteiger partial charge in [-0.15, -0.1) is 0 Å². The van der Waals surface area contributed by atoms with Crippen LogP contribution >= 0.6 is 11.6 Å². The summed E-state index contributed by atoms with van der Waals surface area (Å²) in [7, 11) is 0. The minimum atomic E-state index is -0.613. The normalized spacial score (nSPS) is 9.56. The zero-order valence-corrected chi connectivity index (χ0v) is 8.99. The van der Waals surface area contributed by atoms with Gasteiger partial charge < -0.3 is 16.4 Å². The standard InChI is InChI=1S/C8H10ClN5O2/c9-6-5(3-15)7(14-4-13-6)11-1-2-12-8(10)16/h3-4H,1-2H2,(H3,10,12,16)(H,11,13,14). The topological polar surface area (TPSA) is 110 Å². The summed E-state index contributed by atoms with van der Waals surface area (Å²) in [5.41, 5.74) is 5.05. The summed E-state index contributed by atoms with van der Waals surface area (Å²) in [6.45, 7) is 0.687. The number of amides is 2. The lowest BCUT2D eigenvalue weighted by Crippen LogP contribution is -2.33. The summed E-state index contributed by atoms with van der Waals surface area (Å²) in [5.74, 6) is 0.321. The SMILES string of the molecule is NC(=O)NCCNc1ncnc(Cl)c1C=O. The first kappa shape index (κ1) is 12.2. The highest BCUT2D eigenvalue weighted by Crippen LogP contribution is 2.16. The van der Waals surface area contributed by atoms with Crippen molar-refractivity contribution >= 4 is 29.7 Å². The summed E-state index contributed by atoms with van der Waals surface area (Å²) in [6.07, 6.45) is 1.80. The molecule has 4 N–H and O–H groups in total. The third kappa shape index (κ3) is 3.35. The van der Waals surface area contributed by atoms with E-state index in [0.29, 0.717) is 25.2 Å². The molecule has 0 aromatic carbocycles. The van der Waals surface area contributed by atoms with E-state index in [2.05, 4.69) is 20.6 Å². The number of halogens is 1. The number of anilines is 1. The Morgan fingerprint density at radius 3 is 2.88 bits per heavy atom. The van der Waals surface area contributed by atoms with E-state index >= 15 is 0 Å². The summed E-state index contributed by atoms with van der Waals surface area (Å²) >= 11 is 5.68. The van der Waals surface area contributed by atoms with Gasteiger partial charge in [-0.1, -0.05) is 11.6 Å². The molecule has 7 nitrogen and oxygen atoms in total. The lowest BCUT2D eigenvalue weighted by Gasteiger charge is -2.07. The number of hydrogen-bond donors (Lipinski definition) is 3. The smallest absolute Gasteiger partial charge is 0.312 e. The molecule has 1 aromatic rings. The van der Waals surface area contributed by atoms with Gasteiger partial charge in [0, 0.05) is 13.1 Å². The molecule has 2 amide bonds. The first-order valence-corrected chi connectivity index (χ1v) is 4.75. The van der Waals surface area contributed by atoms with Crippen molar-refractivity contribution in [1.82, 2.24) is 15.3 Å². The van der Waals surface area contributed by atoms with Crippen LogP contribution in [0.2, 0.25) is 5.15 Å². The number of nitrogens with two attached hydrogens (primary N) is 1. The van der Waals surface area contributed by atoms with Crippen LogP contribution < -0.4 is 16.4 Å². The second-order valence-corrected chi connectivity index (χ2v) is 3.12. The Morgan fingerprint density at radius 1 is 1.50 bits per heavy atom. The van der Waals surface area contributed by atoms with Gasteiger partial charge in [0.25, 0.3) is 0 Å². The van der Waals surface area contributed by atoms with E-state index in [1.54, 1.807) is 0 Å². The molecule has 1 rings (SSSR count). The maximum absolute atomic E-state index is 10.7. The number of primary amides is 1. The quantitative estimate of drug-likeness (QED) is 0.384. The molecule has 0 aliphatic heterocycles. The number of aromatic nitrogens is 2. The molecule has 1 aromatic heterocycles. The molecule has 0 bridgehead atoms. The van der Waals surface area contributed by atoms with Gasteiger partial charge in [-0.25, -0.2) is 14.8 Å². The van der Waals surface area contributed by atoms with Gasteiger partial charge in [0.1, 0.15) is 17.3 Å². The van der Waals surface area contributed by atoms with Crippen molar-refractivity contribution in [3.8, 4) is 0 Å². The van der Waals surface area contributed by atoms with Crippen molar-refractivity contribution in [2.75, 3.05) is 18.4 Å². The molecule has 16 heavy (non-hydrogen) atoms. The van der Waals surface area contributed by atoms with Gasteiger partial charge in [-0.3, -0.25) is 4.79 Å². The predicted molar refractivity (Wildman–Crippen MR) is 58.5 cm³/mol. The van der Waals surface area contributed by atoms with E-state index in [1.807, 2.05) is 0 Å². The second kappa shape index (κ2) is 5.86. The van der Waals surface area contributed by atoms with E-state index < -0.39 is 6.03 Å². The summed E-state index contributed by atoms with van der Waals surface area (Å²) in [4.78, 5) is 28.6. The fourth-order valence-electron chi connectivity index (χ4n) is 0.986. The lowest BCUT2D eigenvalue weighted by molar-refractivity contribution is 0.112. The van der Waals surface area contributed by atoms with Crippen LogP contribution in [0.25, 0.3) is 0 Å². The average Bonchev–Trinajstić information content (AvgIpc) is 2.24. The summed E-state index contributed by atoms with van der Waals surface area (Å²) in [5, 5.41) is 5.28. The van der Waals surface area contributed by atoms with Crippen LogP contribution in [0.5, 0.6) is 0 Å². The first-order chi connectivity index (χ1) is 7.65. The number of rotatable bonds is 5. The largest absolute Gasteiger partial charge is 0.368 e. The van der Waals surface area contributed by atoms with Gasteiger partial charge in [-0.05, 0) is 0 Å². The number of nitrogens with zero attached hydrogens (tertiary/aromatic N) is 2. The summed E-state index contributed by atoms with van der Waals surface area (Å²) in [6, 6.07) is -0.613. The van der Waals surface area contributed by atoms with Crippen molar-refractivity contribution in [2.24, 2.45) is 5.73 Å². The number of carbonyl (C=O) groups excluding carboxylic acids is 2. The Morgan fingerprint density at radius 2 is 2.25 bits per heavy atom. The lowest BCUT2D eigenvalue weighted by atomic mass is 10.3. The van der Waals surface area contributed by atoms with Crippen molar-refractivity contribution < 1.29 is 9.59 Å². The Balaban J connectivity index is 2.56. The summed E-state index contributed by atoms with van der Waals surface area (Å²) < 4.78 is 0. The van der Waals surface area contributed by atoms with E-state index in [-0.39, 0.29) is 10.7 Å². The Hall–Kier alpha value is -1.89. The van der Waals surface area contributed by atoms with E-state index in [4.69, 9.17) is 17.3 Å². The third-order valence-electron chi connectivity index (χ3n) is 1.67. The van der Waals surface area contributed by atoms with Crippen LogP contribution in [-0.2, 0) is 0 Å². The van der Waals surface area contributed by atoms with E-state index in [1.165, 1.54) is 6.33 Å². The minimum Gasteiger partial charge on any atom is -0.368 e. The zero-order chi connectivity index (χ0) is 12.0. The van der Waals surface area contributed by atoms with Crippen LogP contribution in [0.4, 0.5) is 10.6 Å². The molecule has 0 aliphatic carbocycles. The number of hydrogen-bond acceptors (Lipinski definition) is 5. The monoisotopic (exact) mass is 243 g/mol. The van der Waals surface area contributed by atoms with Gasteiger partial charge in [-0.2, -0.15) is 0 Å². The molecule has 0 fully saturated rings. The second-order valence-electron chi connectivity index (χ2n) is 2.76. The van der Waals surface area contributed by atoms with Crippen molar-refractivity contribution in [1.29, 1.82) is 0 Å². The predicted octanol–water partition coefficient (Wildman–Crippen LogP) is 0.0227. The van der Waals surface area contributed by atoms with Gasteiger partial charge in [0.15, 0.2) is 6.29 Å². The van der Waals surface area contributed by atoms with E-state index in [9.17, 15) is 9.59 Å². The number of urea groups is 1. The van der Waals surface area contributed by atoms with Gasteiger partial charge >= 0.3 is 6.03 Å². The molecule has 8 heteroatoms. The zero-order valence-electron chi connectivity index (χ0n) is 8.24. The van der Waals surface area contributed by atoms with Crippen molar-refractivity contribution in [2.45, 2.75) is 0 Å². The van der Waals surface area contributed by atoms with Crippen LogP contribution in [0.3, 0.4) is 0 Å². The molecule has 86 valence electrons. The molecular formula is C8H10ClN5O2. The Kier molecular flexibility index (Phi) is 4.46. The van der Waals surface area contributed by atoms with Crippen molar-refractivity contribution in [3.63, 3.8) is 0 Å². The highest BCUT2D eigenvalue weighted by Gasteiger charge is 2.07. The Bertz CT molecular complexity index is 398. The molecule has 0 spiro atoms. The Labute approximate surface area is 96.4 Å². The fraction of sp³-hybridized carbons (Fsp3) is 0.250. The average molecular weight is 244 g/mol. The molecule has 0 saturated heterocycles. The van der Waals surface area contributed by atoms with Crippen molar-refractivity contribution in [3.05, 3.63) is 17.0 Å². The van der Waals surface area contributed by atoms with Crippen LogP contribution in [0.15, 0.2) is 6.33 Å². The van der Waals surface area contributed by atoms with Crippen LogP contribution in [-0.4, -0.2) is 35.4 Å². The molecular weight excluding hydrogens is 234 g/mol. The number of nitrogens with one attached hydrogen (secondary N) is 2. The van der Waals surface area contributed by atoms with Crippen LogP contribution in [0.1, 0.15) is 10.4 Å². The minimum absolute atomic E-state index is 0.0790. The number of aldehydes is 1. The molecule has 0 atom stereocenters. The maximum Gasteiger partial charge on any atom is 0.312 e. The molecule has 0 radical (unpaired) electrons. The maximum atomic E-state index is 10.7. The van der Waals surface area contributed by atoms with Crippen LogP contribution in [0, 0.1) is 0 Å². The fourth-order valence-corrected chi connectivity index (χ4v) is 1.16. The highest BCUT2D eigenvalue weighted by molar-refractivity contribution is 6.32. The first-order valence-electron chi connectivity index (χ1n) is 4.38. The van der Waals surface area contributed by atoms with E-state index in [0.717, 1.165) is 0 Å². The molecule has 0 saturated carbocycles. The third-order valence-corrected chi connectivity index (χ3v) is 1.97. The molecule has 0 aliphatic rings. The highest BCUT2D eigenvalue weighted by atomic mass is 35.5. The molecule has 0 unspecified atom stereocenters. The number of carbonyl (C=O) groups is 2. The van der Waals surface area contributed by atoms with Gasteiger partial charge in [0.05, 0.1) is 5.56 Å². The van der Waals surface area contributed by atoms with Gasteiger partial charge in [0.2, 0.25) is 0 Å².